The molecule has 0 aliphatic carbocycles. The zero-order valence-electron chi connectivity index (χ0n) is 15.2. The maximum absolute atomic E-state index is 12.2. The van der Waals surface area contributed by atoms with Gasteiger partial charge in [-0.1, -0.05) is 19.8 Å². The molecule has 0 aromatic heterocycles. The van der Waals surface area contributed by atoms with Gasteiger partial charge in [0, 0.05) is 44.7 Å². The molecule has 1 heterocycles. The molecule has 0 unspecified atom stereocenters. The minimum absolute atomic E-state index is 0.307. The topological polar surface area (TPSA) is 42.0 Å². The van der Waals surface area contributed by atoms with E-state index in [9.17, 15) is 4.79 Å². The Balaban J connectivity index is 1.86. The van der Waals surface area contributed by atoms with E-state index >= 15 is 0 Å². The first kappa shape index (κ1) is 18.6. The van der Waals surface area contributed by atoms with Crippen molar-refractivity contribution in [3.63, 3.8) is 0 Å². The summed E-state index contributed by atoms with van der Waals surface area (Å²) in [4.78, 5) is 16.6. The number of nitrogens with zero attached hydrogens (tertiary/aromatic N) is 2. The molecule has 0 atom stereocenters. The number of carbonyl (C=O) groups excluding carboxylic acids is 1. The van der Waals surface area contributed by atoms with Gasteiger partial charge in [0.05, 0.1) is 14.2 Å². The van der Waals surface area contributed by atoms with Gasteiger partial charge in [0.1, 0.15) is 11.5 Å². The second-order valence-electron chi connectivity index (χ2n) is 6.29. The molecular formula is C19H30N2O3. The minimum atomic E-state index is 0.307. The van der Waals surface area contributed by atoms with E-state index in [1.165, 1.54) is 0 Å². The Morgan fingerprint density at radius 1 is 1.08 bits per heavy atom. The van der Waals surface area contributed by atoms with Crippen molar-refractivity contribution >= 4 is 5.91 Å². The molecule has 134 valence electrons. The zero-order valence-corrected chi connectivity index (χ0v) is 15.2. The molecular weight excluding hydrogens is 304 g/mol. The third kappa shape index (κ3) is 5.13. The summed E-state index contributed by atoms with van der Waals surface area (Å²) < 4.78 is 10.8. The molecule has 1 fully saturated rings. The van der Waals surface area contributed by atoms with E-state index in [2.05, 4.69) is 11.8 Å². The van der Waals surface area contributed by atoms with Crippen molar-refractivity contribution in [1.29, 1.82) is 0 Å². The Labute approximate surface area is 145 Å². The Bertz CT molecular complexity index is 525. The third-order valence-electron chi connectivity index (χ3n) is 4.60. The normalized spacial score (nSPS) is 15.4. The van der Waals surface area contributed by atoms with Gasteiger partial charge in [0.2, 0.25) is 5.91 Å². The zero-order chi connectivity index (χ0) is 17.4. The summed E-state index contributed by atoms with van der Waals surface area (Å²) >= 11 is 0. The van der Waals surface area contributed by atoms with E-state index in [0.717, 1.165) is 69.0 Å². The molecule has 1 aliphatic rings. The van der Waals surface area contributed by atoms with Gasteiger partial charge in [-0.2, -0.15) is 0 Å². The second-order valence-corrected chi connectivity index (χ2v) is 6.29. The third-order valence-corrected chi connectivity index (χ3v) is 4.60. The molecule has 0 radical (unpaired) electrons. The average Bonchev–Trinajstić information content (AvgIpc) is 2.62. The molecule has 5 nitrogen and oxygen atoms in total. The van der Waals surface area contributed by atoms with Crippen LogP contribution in [-0.2, 0) is 11.3 Å². The van der Waals surface area contributed by atoms with Crippen LogP contribution < -0.4 is 9.47 Å². The molecule has 0 N–H and O–H groups in total. The molecule has 0 spiro atoms. The molecule has 24 heavy (non-hydrogen) atoms. The highest BCUT2D eigenvalue weighted by Gasteiger charge is 2.21. The standard InChI is InChI=1S/C19H30N2O3/c1-4-5-6-7-19(22)21-12-10-20(11-13-21)15-16-14-17(23-2)8-9-18(16)24-3/h8-9,14H,4-7,10-13,15H2,1-3H3. The smallest absolute Gasteiger partial charge is 0.222 e. The van der Waals surface area contributed by atoms with E-state index in [4.69, 9.17) is 9.47 Å². The van der Waals surface area contributed by atoms with Gasteiger partial charge >= 0.3 is 0 Å². The van der Waals surface area contributed by atoms with Crippen LogP contribution in [0.2, 0.25) is 0 Å². The molecule has 0 saturated carbocycles. The van der Waals surface area contributed by atoms with Crippen molar-refractivity contribution in [2.24, 2.45) is 0 Å². The molecule has 0 bridgehead atoms. The van der Waals surface area contributed by atoms with Crippen LogP contribution >= 0.6 is 0 Å². The van der Waals surface area contributed by atoms with E-state index in [0.29, 0.717) is 12.3 Å². The van der Waals surface area contributed by atoms with Gasteiger partial charge in [-0.05, 0) is 24.6 Å². The number of amides is 1. The summed E-state index contributed by atoms with van der Waals surface area (Å²) in [6.45, 7) is 6.42. The summed E-state index contributed by atoms with van der Waals surface area (Å²) in [5, 5.41) is 0. The van der Waals surface area contributed by atoms with Crippen LogP contribution in [0.15, 0.2) is 18.2 Å². The SMILES string of the molecule is CCCCCC(=O)N1CCN(Cc2cc(OC)ccc2OC)CC1. The summed E-state index contributed by atoms with van der Waals surface area (Å²) in [5.74, 6) is 2.03. The number of carbonyl (C=O) groups is 1. The number of hydrogen-bond donors (Lipinski definition) is 0. The van der Waals surface area contributed by atoms with Gasteiger partial charge in [-0.25, -0.2) is 0 Å². The molecule has 1 aliphatic heterocycles. The lowest BCUT2D eigenvalue weighted by molar-refractivity contribution is -0.133. The lowest BCUT2D eigenvalue weighted by Gasteiger charge is -2.35. The highest BCUT2D eigenvalue weighted by Crippen LogP contribution is 2.25. The lowest BCUT2D eigenvalue weighted by Crippen LogP contribution is -2.48. The predicted octanol–water partition coefficient (Wildman–Crippen LogP) is 2.93. The highest BCUT2D eigenvalue weighted by molar-refractivity contribution is 5.76. The van der Waals surface area contributed by atoms with Crippen LogP contribution in [0.1, 0.15) is 38.2 Å². The first-order chi connectivity index (χ1) is 11.7. The summed E-state index contributed by atoms with van der Waals surface area (Å²) in [6, 6.07) is 5.89. The second kappa shape index (κ2) is 9.52. The van der Waals surface area contributed by atoms with Crippen molar-refractivity contribution in [1.82, 2.24) is 9.80 Å². The van der Waals surface area contributed by atoms with Crippen molar-refractivity contribution in [3.05, 3.63) is 23.8 Å². The Morgan fingerprint density at radius 2 is 1.83 bits per heavy atom. The maximum Gasteiger partial charge on any atom is 0.222 e. The minimum Gasteiger partial charge on any atom is -0.497 e. The fourth-order valence-electron chi connectivity index (χ4n) is 3.09. The van der Waals surface area contributed by atoms with Gasteiger partial charge in [0.15, 0.2) is 0 Å². The highest BCUT2D eigenvalue weighted by atomic mass is 16.5. The largest absolute Gasteiger partial charge is 0.497 e. The summed E-state index contributed by atoms with van der Waals surface area (Å²) in [7, 11) is 3.37. The Hall–Kier alpha value is -1.75. The van der Waals surface area contributed by atoms with Gasteiger partial charge in [0.25, 0.3) is 0 Å². The first-order valence-corrected chi connectivity index (χ1v) is 8.89. The van der Waals surface area contributed by atoms with E-state index in [-0.39, 0.29) is 0 Å². The van der Waals surface area contributed by atoms with Crippen LogP contribution in [0.4, 0.5) is 0 Å². The number of hydrogen-bond acceptors (Lipinski definition) is 4. The molecule has 1 aromatic carbocycles. The monoisotopic (exact) mass is 334 g/mol. The van der Waals surface area contributed by atoms with E-state index < -0.39 is 0 Å². The Kier molecular flexibility index (Phi) is 7.37. The predicted molar refractivity (Wildman–Crippen MR) is 95.5 cm³/mol. The van der Waals surface area contributed by atoms with Crippen LogP contribution in [0.5, 0.6) is 11.5 Å². The fraction of sp³-hybridized carbons (Fsp3) is 0.632. The Morgan fingerprint density at radius 3 is 2.46 bits per heavy atom. The van der Waals surface area contributed by atoms with Crippen LogP contribution in [-0.4, -0.2) is 56.1 Å². The number of benzene rings is 1. The number of rotatable bonds is 8. The fourth-order valence-corrected chi connectivity index (χ4v) is 3.09. The summed E-state index contributed by atoms with van der Waals surface area (Å²) in [5.41, 5.74) is 1.12. The number of methoxy groups -OCH3 is 2. The molecule has 5 heteroatoms. The van der Waals surface area contributed by atoms with Gasteiger partial charge < -0.3 is 14.4 Å². The van der Waals surface area contributed by atoms with Crippen molar-refractivity contribution < 1.29 is 14.3 Å². The van der Waals surface area contributed by atoms with Crippen LogP contribution in [0.3, 0.4) is 0 Å². The van der Waals surface area contributed by atoms with Crippen molar-refractivity contribution in [2.45, 2.75) is 39.2 Å². The van der Waals surface area contributed by atoms with Crippen LogP contribution in [0, 0.1) is 0 Å². The molecule has 1 saturated heterocycles. The van der Waals surface area contributed by atoms with Crippen LogP contribution in [0.25, 0.3) is 0 Å². The van der Waals surface area contributed by atoms with Gasteiger partial charge in [-0.15, -0.1) is 0 Å². The first-order valence-electron chi connectivity index (χ1n) is 8.89. The van der Waals surface area contributed by atoms with Crippen molar-refractivity contribution in [3.8, 4) is 11.5 Å². The lowest BCUT2D eigenvalue weighted by atomic mass is 10.1. The van der Waals surface area contributed by atoms with Gasteiger partial charge in [-0.3, -0.25) is 9.69 Å². The van der Waals surface area contributed by atoms with Crippen molar-refractivity contribution in [2.75, 3.05) is 40.4 Å². The average molecular weight is 334 g/mol. The number of unbranched alkanes of at least 4 members (excludes halogenated alkanes) is 2. The number of piperazine rings is 1. The molecule has 1 amide bonds. The van der Waals surface area contributed by atoms with E-state index in [1.807, 2.05) is 23.1 Å². The van der Waals surface area contributed by atoms with E-state index in [1.54, 1.807) is 14.2 Å². The summed E-state index contributed by atoms with van der Waals surface area (Å²) in [6.07, 6.45) is 4.00. The maximum atomic E-state index is 12.2. The molecule has 1 aromatic rings. The molecule has 2 rings (SSSR count). The number of ether oxygens (including phenoxy) is 2. The quantitative estimate of drug-likeness (QED) is 0.686.